The fraction of sp³-hybridized carbons (Fsp3) is 0.407. The number of carbonyl (C=O) groups excluding carboxylic acids is 1. The summed E-state index contributed by atoms with van der Waals surface area (Å²) in [6.07, 6.45) is 4.08. The lowest BCUT2D eigenvalue weighted by atomic mass is 10.1. The first-order valence-electron chi connectivity index (χ1n) is 11.8. The van der Waals surface area contributed by atoms with Gasteiger partial charge in [0.1, 0.15) is 6.54 Å². The van der Waals surface area contributed by atoms with Crippen LogP contribution in [0.5, 0.6) is 0 Å². The quantitative estimate of drug-likeness (QED) is 0.603. The lowest BCUT2D eigenvalue weighted by Gasteiger charge is -2.23. The van der Waals surface area contributed by atoms with Gasteiger partial charge in [0.15, 0.2) is 0 Å². The van der Waals surface area contributed by atoms with Crippen molar-refractivity contribution in [1.29, 1.82) is 0 Å². The number of aryl methyl sites for hydroxylation is 2. The minimum Gasteiger partial charge on any atom is -0.348 e. The average molecular weight is 432 g/mol. The smallest absolute Gasteiger partial charge is 0.255 e. The number of benzene rings is 2. The number of hydrogen-bond donors (Lipinski definition) is 2. The van der Waals surface area contributed by atoms with Crippen molar-refractivity contribution in [1.82, 2.24) is 15.1 Å². The number of rotatable bonds is 7. The van der Waals surface area contributed by atoms with Crippen LogP contribution in [-0.4, -0.2) is 28.8 Å². The molecule has 5 heteroatoms. The van der Waals surface area contributed by atoms with E-state index in [1.165, 1.54) is 49.0 Å². The first kappa shape index (κ1) is 22.3. The van der Waals surface area contributed by atoms with Gasteiger partial charge in [-0.25, -0.2) is 0 Å². The van der Waals surface area contributed by atoms with Gasteiger partial charge in [0.25, 0.3) is 5.91 Å². The van der Waals surface area contributed by atoms with E-state index in [0.29, 0.717) is 18.7 Å². The van der Waals surface area contributed by atoms with E-state index in [2.05, 4.69) is 65.9 Å². The van der Waals surface area contributed by atoms with E-state index in [0.717, 1.165) is 23.5 Å². The summed E-state index contributed by atoms with van der Waals surface area (Å²) in [5, 5.41) is 7.71. The van der Waals surface area contributed by atoms with E-state index in [4.69, 9.17) is 0 Å². The number of amides is 1. The van der Waals surface area contributed by atoms with Crippen molar-refractivity contribution in [2.75, 3.05) is 13.1 Å². The molecule has 1 amide bonds. The normalized spacial score (nSPS) is 14.5. The molecule has 0 radical (unpaired) electrons. The van der Waals surface area contributed by atoms with Crippen LogP contribution in [-0.2, 0) is 19.6 Å². The van der Waals surface area contributed by atoms with E-state index < -0.39 is 0 Å². The van der Waals surface area contributed by atoms with Crippen molar-refractivity contribution < 1.29 is 9.69 Å². The van der Waals surface area contributed by atoms with Crippen LogP contribution in [0.4, 0.5) is 0 Å². The van der Waals surface area contributed by atoms with Crippen LogP contribution in [0.2, 0.25) is 0 Å². The van der Waals surface area contributed by atoms with Crippen molar-refractivity contribution in [3.8, 4) is 0 Å². The molecule has 0 saturated carbocycles. The topological polar surface area (TPSA) is 51.4 Å². The number of piperidine rings is 1. The average Bonchev–Trinajstić information content (AvgIpc) is 3.08. The van der Waals surface area contributed by atoms with Crippen LogP contribution in [0.1, 0.15) is 63.3 Å². The molecule has 32 heavy (non-hydrogen) atoms. The van der Waals surface area contributed by atoms with E-state index >= 15 is 0 Å². The number of hydrogen-bond acceptors (Lipinski definition) is 2. The molecule has 0 aliphatic carbocycles. The zero-order valence-corrected chi connectivity index (χ0v) is 19.6. The van der Waals surface area contributed by atoms with Crippen molar-refractivity contribution in [2.45, 2.75) is 59.7 Å². The van der Waals surface area contributed by atoms with Gasteiger partial charge in [0, 0.05) is 17.8 Å². The summed E-state index contributed by atoms with van der Waals surface area (Å²) in [5.41, 5.74) is 7.27. The highest BCUT2D eigenvalue weighted by molar-refractivity contribution is 5.96. The Morgan fingerprint density at radius 1 is 0.906 bits per heavy atom. The second kappa shape index (κ2) is 10.1. The minimum absolute atomic E-state index is 0.0583. The molecule has 1 aliphatic heterocycles. The second-order valence-electron chi connectivity index (χ2n) is 9.18. The fourth-order valence-electron chi connectivity index (χ4n) is 4.61. The van der Waals surface area contributed by atoms with Gasteiger partial charge in [-0.2, -0.15) is 5.10 Å². The molecule has 1 aromatic heterocycles. The van der Waals surface area contributed by atoms with Crippen LogP contribution < -0.4 is 10.2 Å². The molecule has 2 aromatic carbocycles. The van der Waals surface area contributed by atoms with E-state index in [-0.39, 0.29) is 5.91 Å². The molecule has 2 N–H and O–H groups in total. The zero-order valence-electron chi connectivity index (χ0n) is 19.6. The summed E-state index contributed by atoms with van der Waals surface area (Å²) in [7, 11) is 0. The molecular weight excluding hydrogens is 396 g/mol. The van der Waals surface area contributed by atoms with Crippen LogP contribution in [0.3, 0.4) is 0 Å². The third-order valence-electron chi connectivity index (χ3n) is 6.55. The Morgan fingerprint density at radius 3 is 2.22 bits per heavy atom. The van der Waals surface area contributed by atoms with E-state index in [1.54, 1.807) is 4.90 Å². The van der Waals surface area contributed by atoms with E-state index in [1.807, 2.05) is 18.5 Å². The molecule has 0 bridgehead atoms. The molecule has 3 aromatic rings. The number of quaternary nitrogens is 1. The lowest BCUT2D eigenvalue weighted by molar-refractivity contribution is -0.918. The molecule has 5 nitrogen and oxygen atoms in total. The Kier molecular flexibility index (Phi) is 7.05. The molecule has 0 unspecified atom stereocenters. The van der Waals surface area contributed by atoms with Gasteiger partial charge in [-0.1, -0.05) is 54.1 Å². The molecule has 4 rings (SSSR count). The summed E-state index contributed by atoms with van der Waals surface area (Å²) in [4.78, 5) is 14.6. The van der Waals surface area contributed by atoms with Crippen LogP contribution >= 0.6 is 0 Å². The van der Waals surface area contributed by atoms with Gasteiger partial charge < -0.3 is 10.2 Å². The molecule has 1 fully saturated rings. The summed E-state index contributed by atoms with van der Waals surface area (Å²) in [5.74, 6) is -0.0583. The maximum absolute atomic E-state index is 12.9. The van der Waals surface area contributed by atoms with Crippen LogP contribution in [0.15, 0.2) is 48.5 Å². The summed E-state index contributed by atoms with van der Waals surface area (Å²) < 4.78 is 1.92. The summed E-state index contributed by atoms with van der Waals surface area (Å²) in [6.45, 7) is 10.8. The molecular formula is C27H35N4O+. The molecule has 168 valence electrons. The minimum atomic E-state index is -0.0583. The number of nitrogens with one attached hydrogen (secondary N) is 2. The Balaban J connectivity index is 1.35. The van der Waals surface area contributed by atoms with Crippen molar-refractivity contribution in [3.05, 3.63) is 87.7 Å². The van der Waals surface area contributed by atoms with Gasteiger partial charge >= 0.3 is 0 Å². The van der Waals surface area contributed by atoms with Gasteiger partial charge in [-0.05, 0) is 51.2 Å². The number of nitrogens with zero attached hydrogens (tertiary/aromatic N) is 2. The highest BCUT2D eigenvalue weighted by Gasteiger charge is 2.19. The third kappa shape index (κ3) is 5.46. The molecule has 1 aliphatic rings. The van der Waals surface area contributed by atoms with E-state index in [9.17, 15) is 4.79 Å². The van der Waals surface area contributed by atoms with Gasteiger partial charge in [0.2, 0.25) is 0 Å². The van der Waals surface area contributed by atoms with Gasteiger partial charge in [-0.3, -0.25) is 9.48 Å². The van der Waals surface area contributed by atoms with Gasteiger partial charge in [0.05, 0.1) is 30.9 Å². The number of carbonyl (C=O) groups is 1. The Bertz CT molecular complexity index is 1040. The van der Waals surface area contributed by atoms with Crippen molar-refractivity contribution in [3.63, 3.8) is 0 Å². The van der Waals surface area contributed by atoms with Gasteiger partial charge in [-0.15, -0.1) is 0 Å². The summed E-state index contributed by atoms with van der Waals surface area (Å²) >= 11 is 0. The lowest BCUT2D eigenvalue weighted by Crippen LogP contribution is -3.11. The maximum atomic E-state index is 12.9. The van der Waals surface area contributed by atoms with Crippen molar-refractivity contribution >= 4 is 5.91 Å². The predicted molar refractivity (Wildman–Crippen MR) is 128 cm³/mol. The molecule has 0 atom stereocenters. The number of aromatic nitrogens is 2. The Morgan fingerprint density at radius 2 is 1.53 bits per heavy atom. The maximum Gasteiger partial charge on any atom is 0.255 e. The first-order chi connectivity index (χ1) is 15.5. The fourth-order valence-corrected chi connectivity index (χ4v) is 4.61. The van der Waals surface area contributed by atoms with Crippen LogP contribution in [0, 0.1) is 20.8 Å². The molecule has 1 saturated heterocycles. The largest absolute Gasteiger partial charge is 0.348 e. The highest BCUT2D eigenvalue weighted by Crippen LogP contribution is 2.16. The third-order valence-corrected chi connectivity index (χ3v) is 6.55. The first-order valence-corrected chi connectivity index (χ1v) is 11.8. The Labute approximate surface area is 191 Å². The monoisotopic (exact) mass is 431 g/mol. The standard InChI is InChI=1S/C27H34N4O/c1-20-7-9-25(10-8-20)19-31-22(3)26(21(2)29-31)27(32)28-17-23-11-13-24(14-12-23)18-30-15-5-4-6-16-30/h7-14H,4-6,15-19H2,1-3H3,(H,28,32)/p+1. The van der Waals surface area contributed by atoms with Crippen molar-refractivity contribution in [2.24, 2.45) is 0 Å². The summed E-state index contributed by atoms with van der Waals surface area (Å²) in [6, 6.07) is 17.1. The highest BCUT2D eigenvalue weighted by atomic mass is 16.1. The van der Waals surface area contributed by atoms with Crippen LogP contribution in [0.25, 0.3) is 0 Å². The second-order valence-corrected chi connectivity index (χ2v) is 9.18. The molecule has 0 spiro atoms. The predicted octanol–water partition coefficient (Wildman–Crippen LogP) is 3.36. The zero-order chi connectivity index (χ0) is 22.5. The number of likely N-dealkylation sites (tertiary alicyclic amines) is 1. The molecule has 2 heterocycles. The SMILES string of the molecule is Cc1ccc(Cn2nc(C)c(C(=O)NCc3ccc(C[NH+]4CCCCC4)cc3)c2C)cc1. The Hall–Kier alpha value is -2.92.